The van der Waals surface area contributed by atoms with E-state index in [1.165, 1.54) is 27.8 Å². The van der Waals surface area contributed by atoms with Crippen LogP contribution in [-0.4, -0.2) is 25.3 Å². The van der Waals surface area contributed by atoms with Gasteiger partial charge in [0.1, 0.15) is 0 Å². The number of quaternary nitrogens is 1. The van der Waals surface area contributed by atoms with Gasteiger partial charge in [-0.2, -0.15) is 0 Å². The Bertz CT molecular complexity index is 657. The van der Waals surface area contributed by atoms with Gasteiger partial charge in [0.25, 0.3) is 0 Å². The second-order valence-electron chi connectivity index (χ2n) is 6.52. The fraction of sp³-hybridized carbons (Fsp3) is 0.300. The third-order valence-corrected chi connectivity index (χ3v) is 4.29. The molecule has 0 spiro atoms. The van der Waals surface area contributed by atoms with E-state index in [9.17, 15) is 5.21 Å². The van der Waals surface area contributed by atoms with E-state index in [0.29, 0.717) is 6.54 Å². The van der Waals surface area contributed by atoms with Gasteiger partial charge in [-0.15, -0.1) is 0 Å². The SMILES string of the molecule is C[N+](C)([O-])CCC=C1c2ccccc2CCc2ccccc21.[Cl-].[H+]. The number of fused-ring (bicyclic) bond motifs is 2. The van der Waals surface area contributed by atoms with Crippen molar-refractivity contribution >= 4 is 5.57 Å². The van der Waals surface area contributed by atoms with Gasteiger partial charge in [0.15, 0.2) is 0 Å². The monoisotopic (exact) mass is 329 g/mol. The molecule has 0 radical (unpaired) electrons. The van der Waals surface area contributed by atoms with Gasteiger partial charge in [-0.1, -0.05) is 54.6 Å². The highest BCUT2D eigenvalue weighted by molar-refractivity contribution is 5.83. The van der Waals surface area contributed by atoms with Crippen molar-refractivity contribution in [2.24, 2.45) is 0 Å². The Morgan fingerprint density at radius 2 is 1.43 bits per heavy atom. The minimum atomic E-state index is -0.243. The van der Waals surface area contributed by atoms with Crippen LogP contribution >= 0.6 is 0 Å². The van der Waals surface area contributed by atoms with Gasteiger partial charge in [-0.05, 0) is 40.7 Å². The van der Waals surface area contributed by atoms with Crippen LogP contribution in [-0.2, 0) is 12.8 Å². The first-order chi connectivity index (χ1) is 10.5. The van der Waals surface area contributed by atoms with Crippen molar-refractivity contribution in [3.63, 3.8) is 0 Å². The number of hydrogen-bond acceptors (Lipinski definition) is 1. The standard InChI is InChI=1S/C20H23NO.ClH/c1-21(2,22)15-7-12-20-18-10-5-3-8-16(18)13-14-17-9-4-6-11-19(17)20;/h3-6,8-12H,7,13-15H2,1-2H3;1H. The second kappa shape index (κ2) is 7.31. The van der Waals surface area contributed by atoms with Crippen LogP contribution < -0.4 is 12.4 Å². The highest BCUT2D eigenvalue weighted by Crippen LogP contribution is 2.33. The van der Waals surface area contributed by atoms with Crippen LogP contribution in [0.25, 0.3) is 5.57 Å². The molecule has 1 aliphatic carbocycles. The average Bonchev–Trinajstić information content (AvgIpc) is 2.64. The number of rotatable bonds is 3. The molecule has 0 aromatic heterocycles. The molecule has 0 atom stereocenters. The molecule has 0 unspecified atom stereocenters. The van der Waals surface area contributed by atoms with E-state index in [4.69, 9.17) is 0 Å². The topological polar surface area (TPSA) is 23.1 Å². The molecule has 122 valence electrons. The molecule has 0 aliphatic heterocycles. The zero-order valence-corrected chi connectivity index (χ0v) is 14.5. The lowest BCUT2D eigenvalue weighted by Gasteiger charge is -2.33. The molecule has 0 saturated heterocycles. The number of hydrogen-bond donors (Lipinski definition) is 0. The Morgan fingerprint density at radius 3 is 1.91 bits per heavy atom. The number of nitrogens with zero attached hydrogens (tertiary/aromatic N) is 1. The van der Waals surface area contributed by atoms with Crippen LogP contribution in [0.1, 0.15) is 30.1 Å². The molecule has 3 rings (SSSR count). The van der Waals surface area contributed by atoms with Crippen molar-refractivity contribution < 1.29 is 18.5 Å². The zero-order chi connectivity index (χ0) is 15.6. The second-order valence-corrected chi connectivity index (χ2v) is 6.52. The Kier molecular flexibility index (Phi) is 5.64. The van der Waals surface area contributed by atoms with Crippen molar-refractivity contribution in [3.8, 4) is 0 Å². The summed E-state index contributed by atoms with van der Waals surface area (Å²) < 4.78 is -0.243. The maximum atomic E-state index is 11.8. The van der Waals surface area contributed by atoms with Gasteiger partial charge in [-0.3, -0.25) is 0 Å². The van der Waals surface area contributed by atoms with E-state index >= 15 is 0 Å². The Morgan fingerprint density at radius 1 is 0.957 bits per heavy atom. The Hall–Kier alpha value is -1.61. The summed E-state index contributed by atoms with van der Waals surface area (Å²) in [7, 11) is 3.40. The zero-order valence-electron chi connectivity index (χ0n) is 14.8. The minimum Gasteiger partial charge on any atom is -1.00 e. The first-order valence-electron chi connectivity index (χ1n) is 7.95. The van der Waals surface area contributed by atoms with Gasteiger partial charge in [-0.25, -0.2) is 0 Å². The predicted molar refractivity (Wildman–Crippen MR) is 93.4 cm³/mol. The van der Waals surface area contributed by atoms with E-state index in [1.807, 2.05) is 0 Å². The summed E-state index contributed by atoms with van der Waals surface area (Å²) in [6.07, 6.45) is 5.21. The van der Waals surface area contributed by atoms with Gasteiger partial charge < -0.3 is 22.3 Å². The third kappa shape index (κ3) is 4.23. The minimum absolute atomic E-state index is 0. The molecule has 0 saturated carbocycles. The molecular weight excluding hydrogens is 306 g/mol. The maximum absolute atomic E-state index is 11.8. The fourth-order valence-electron chi connectivity index (χ4n) is 3.16. The normalized spacial score (nSPS) is 13.4. The molecule has 1 aliphatic rings. The van der Waals surface area contributed by atoms with Crippen LogP contribution in [0.2, 0.25) is 0 Å². The highest BCUT2D eigenvalue weighted by Gasteiger charge is 2.17. The van der Waals surface area contributed by atoms with Crippen molar-refractivity contribution in [2.75, 3.05) is 20.6 Å². The number of halogens is 1. The average molecular weight is 330 g/mol. The summed E-state index contributed by atoms with van der Waals surface area (Å²) in [6.45, 7) is 0.605. The maximum Gasteiger partial charge on any atom is 1.00 e. The summed E-state index contributed by atoms with van der Waals surface area (Å²) in [6, 6.07) is 17.3. The molecule has 0 amide bonds. The Labute approximate surface area is 146 Å². The van der Waals surface area contributed by atoms with E-state index in [2.05, 4.69) is 54.6 Å². The molecule has 2 aromatic rings. The molecule has 23 heavy (non-hydrogen) atoms. The molecule has 0 bridgehead atoms. The van der Waals surface area contributed by atoms with E-state index in [0.717, 1.165) is 19.3 Å². The van der Waals surface area contributed by atoms with Crippen molar-refractivity contribution in [1.82, 2.24) is 0 Å². The number of hydroxylamine groups is 3. The van der Waals surface area contributed by atoms with Crippen LogP contribution in [0.5, 0.6) is 0 Å². The number of aryl methyl sites for hydroxylation is 2. The van der Waals surface area contributed by atoms with Crippen LogP contribution in [0, 0.1) is 5.21 Å². The van der Waals surface area contributed by atoms with Crippen LogP contribution in [0.4, 0.5) is 0 Å². The van der Waals surface area contributed by atoms with Gasteiger partial charge in [0.2, 0.25) is 0 Å². The molecule has 3 heteroatoms. The molecule has 0 N–H and O–H groups in total. The fourth-order valence-corrected chi connectivity index (χ4v) is 3.16. The first kappa shape index (κ1) is 17.7. The van der Waals surface area contributed by atoms with Crippen molar-refractivity contribution in [1.29, 1.82) is 0 Å². The lowest BCUT2D eigenvalue weighted by Crippen LogP contribution is -3.00. The van der Waals surface area contributed by atoms with Gasteiger partial charge >= 0.3 is 1.43 Å². The van der Waals surface area contributed by atoms with E-state index < -0.39 is 0 Å². The molecular formula is C20H24ClNO. The summed E-state index contributed by atoms with van der Waals surface area (Å²) in [5.41, 5.74) is 6.74. The van der Waals surface area contributed by atoms with Crippen LogP contribution in [0.3, 0.4) is 0 Å². The van der Waals surface area contributed by atoms with Crippen molar-refractivity contribution in [3.05, 3.63) is 82.1 Å². The summed E-state index contributed by atoms with van der Waals surface area (Å²) >= 11 is 0. The van der Waals surface area contributed by atoms with E-state index in [1.54, 1.807) is 14.1 Å². The van der Waals surface area contributed by atoms with Crippen LogP contribution in [0.15, 0.2) is 54.6 Å². The predicted octanol–water partition coefficient (Wildman–Crippen LogP) is 1.30. The molecule has 2 nitrogen and oxygen atoms in total. The lowest BCUT2D eigenvalue weighted by molar-refractivity contribution is -0.839. The van der Waals surface area contributed by atoms with E-state index in [-0.39, 0.29) is 18.5 Å². The summed E-state index contributed by atoms with van der Waals surface area (Å²) in [4.78, 5) is 0. The Balaban J connectivity index is 0.00000144. The molecule has 0 heterocycles. The number of benzene rings is 2. The summed E-state index contributed by atoms with van der Waals surface area (Å²) in [5.74, 6) is 0. The van der Waals surface area contributed by atoms with Gasteiger partial charge in [0.05, 0.1) is 20.6 Å². The highest BCUT2D eigenvalue weighted by atomic mass is 35.5. The third-order valence-electron chi connectivity index (χ3n) is 4.29. The smallest absolute Gasteiger partial charge is 1.00 e. The van der Waals surface area contributed by atoms with Crippen molar-refractivity contribution in [2.45, 2.75) is 19.3 Å². The molecule has 2 aromatic carbocycles. The first-order valence-corrected chi connectivity index (χ1v) is 7.95. The van der Waals surface area contributed by atoms with Gasteiger partial charge in [0, 0.05) is 6.42 Å². The molecule has 0 fully saturated rings. The lowest BCUT2D eigenvalue weighted by atomic mass is 9.93. The quantitative estimate of drug-likeness (QED) is 0.615. The largest absolute Gasteiger partial charge is 1.00 e. The summed E-state index contributed by atoms with van der Waals surface area (Å²) in [5, 5.41) is 11.8.